The molecule has 1 unspecified atom stereocenters. The summed E-state index contributed by atoms with van der Waals surface area (Å²) in [6, 6.07) is 7.19. The lowest BCUT2D eigenvalue weighted by Crippen LogP contribution is -2.55. The van der Waals surface area contributed by atoms with E-state index in [9.17, 15) is 15.0 Å². The molecule has 1 aliphatic carbocycles. The van der Waals surface area contributed by atoms with Crippen LogP contribution in [-0.2, 0) is 10.2 Å². The molecule has 108 valence electrons. The molecule has 20 heavy (non-hydrogen) atoms. The van der Waals surface area contributed by atoms with Crippen molar-refractivity contribution in [3.63, 3.8) is 0 Å². The molecule has 1 saturated carbocycles. The first-order valence-corrected chi connectivity index (χ1v) is 7.25. The van der Waals surface area contributed by atoms with E-state index < -0.39 is 0 Å². The van der Waals surface area contributed by atoms with Crippen molar-refractivity contribution in [2.75, 3.05) is 13.6 Å². The second-order valence-electron chi connectivity index (χ2n) is 6.20. The summed E-state index contributed by atoms with van der Waals surface area (Å²) in [7, 11) is 1.85. The van der Waals surface area contributed by atoms with E-state index in [0.29, 0.717) is 19.4 Å². The summed E-state index contributed by atoms with van der Waals surface area (Å²) in [6.45, 7) is 0.706. The number of fused-ring (bicyclic) bond motifs is 1. The minimum Gasteiger partial charge on any atom is -0.508 e. The van der Waals surface area contributed by atoms with Gasteiger partial charge in [0.25, 0.3) is 0 Å². The first-order chi connectivity index (χ1) is 9.53. The molecule has 1 saturated heterocycles. The lowest BCUT2D eigenvalue weighted by Gasteiger charge is -2.50. The predicted octanol–water partition coefficient (Wildman–Crippen LogP) is 1.65. The van der Waals surface area contributed by atoms with Gasteiger partial charge in [0.05, 0.1) is 6.10 Å². The molecule has 1 amide bonds. The third-order valence-corrected chi connectivity index (χ3v) is 5.04. The van der Waals surface area contributed by atoms with Gasteiger partial charge in [-0.3, -0.25) is 4.79 Å². The fourth-order valence-corrected chi connectivity index (χ4v) is 3.96. The molecule has 1 aromatic carbocycles. The van der Waals surface area contributed by atoms with Crippen molar-refractivity contribution < 1.29 is 15.0 Å². The molecule has 1 heterocycles. The van der Waals surface area contributed by atoms with Crippen LogP contribution in [0.3, 0.4) is 0 Å². The number of likely N-dealkylation sites (tertiary alicyclic amines) is 1. The van der Waals surface area contributed by atoms with Crippen molar-refractivity contribution in [2.45, 2.75) is 37.2 Å². The van der Waals surface area contributed by atoms with Gasteiger partial charge in [-0.25, -0.2) is 0 Å². The third-order valence-electron chi connectivity index (χ3n) is 5.04. The smallest absolute Gasteiger partial charge is 0.226 e. The number of piperidine rings is 1. The Morgan fingerprint density at radius 3 is 2.90 bits per heavy atom. The SMILES string of the molecule is CN1CC[C@@]2(c3cccc(O)c3)CC(O)CC[C@H]2C1=O. The maximum absolute atomic E-state index is 12.5. The third kappa shape index (κ3) is 1.99. The van der Waals surface area contributed by atoms with Gasteiger partial charge >= 0.3 is 0 Å². The van der Waals surface area contributed by atoms with Crippen molar-refractivity contribution in [1.82, 2.24) is 4.90 Å². The van der Waals surface area contributed by atoms with E-state index in [2.05, 4.69) is 0 Å². The molecule has 4 nitrogen and oxygen atoms in total. The van der Waals surface area contributed by atoms with Crippen LogP contribution in [0.15, 0.2) is 24.3 Å². The van der Waals surface area contributed by atoms with Crippen LogP contribution in [0.25, 0.3) is 0 Å². The van der Waals surface area contributed by atoms with Crippen LogP contribution in [0.4, 0.5) is 0 Å². The molecule has 4 heteroatoms. The molecule has 2 aliphatic rings. The highest BCUT2D eigenvalue weighted by Gasteiger charge is 2.51. The van der Waals surface area contributed by atoms with Crippen LogP contribution in [0.2, 0.25) is 0 Å². The predicted molar refractivity (Wildman–Crippen MR) is 75.4 cm³/mol. The van der Waals surface area contributed by atoms with E-state index in [4.69, 9.17) is 0 Å². The largest absolute Gasteiger partial charge is 0.508 e. The van der Waals surface area contributed by atoms with Gasteiger partial charge in [0.1, 0.15) is 5.75 Å². The van der Waals surface area contributed by atoms with E-state index in [1.165, 1.54) is 0 Å². The normalized spacial score (nSPS) is 33.9. The first kappa shape index (κ1) is 13.4. The average Bonchev–Trinajstić information content (AvgIpc) is 2.43. The Morgan fingerprint density at radius 1 is 1.35 bits per heavy atom. The van der Waals surface area contributed by atoms with Gasteiger partial charge in [-0.1, -0.05) is 12.1 Å². The summed E-state index contributed by atoms with van der Waals surface area (Å²) in [5.74, 6) is 0.319. The lowest BCUT2D eigenvalue weighted by molar-refractivity contribution is -0.145. The zero-order valence-corrected chi connectivity index (χ0v) is 11.7. The zero-order chi connectivity index (χ0) is 14.3. The Labute approximate surface area is 119 Å². The van der Waals surface area contributed by atoms with E-state index in [1.807, 2.05) is 19.2 Å². The molecule has 0 spiro atoms. The fraction of sp³-hybridized carbons (Fsp3) is 0.562. The molecule has 2 N–H and O–H groups in total. The number of nitrogens with zero attached hydrogens (tertiary/aromatic N) is 1. The number of phenols is 1. The molecule has 0 radical (unpaired) electrons. The molecule has 1 aromatic rings. The Balaban J connectivity index is 2.07. The number of hydrogen-bond acceptors (Lipinski definition) is 3. The van der Waals surface area contributed by atoms with Crippen molar-refractivity contribution in [3.8, 4) is 5.75 Å². The highest BCUT2D eigenvalue weighted by Crippen LogP contribution is 2.49. The highest BCUT2D eigenvalue weighted by molar-refractivity contribution is 5.81. The molecular weight excluding hydrogens is 254 g/mol. The molecule has 0 aromatic heterocycles. The molecular formula is C16H21NO3. The Morgan fingerprint density at radius 2 is 2.15 bits per heavy atom. The number of phenolic OH excluding ortho intramolecular Hbond substituents is 1. The number of aliphatic hydroxyl groups excluding tert-OH is 1. The number of rotatable bonds is 1. The van der Waals surface area contributed by atoms with Crippen molar-refractivity contribution in [3.05, 3.63) is 29.8 Å². The van der Waals surface area contributed by atoms with Crippen molar-refractivity contribution >= 4 is 5.91 Å². The second-order valence-corrected chi connectivity index (χ2v) is 6.20. The summed E-state index contributed by atoms with van der Waals surface area (Å²) in [4.78, 5) is 14.3. The highest BCUT2D eigenvalue weighted by atomic mass is 16.3. The first-order valence-electron chi connectivity index (χ1n) is 7.25. The Bertz CT molecular complexity index is 530. The minimum atomic E-state index is -0.357. The summed E-state index contributed by atoms with van der Waals surface area (Å²) in [5.41, 5.74) is 0.669. The Kier molecular flexibility index (Phi) is 3.21. The van der Waals surface area contributed by atoms with Crippen molar-refractivity contribution in [2.24, 2.45) is 5.92 Å². The maximum Gasteiger partial charge on any atom is 0.226 e. The number of hydrogen-bond donors (Lipinski definition) is 2. The van der Waals surface area contributed by atoms with Gasteiger partial charge in [0.2, 0.25) is 5.91 Å². The van der Waals surface area contributed by atoms with Gasteiger partial charge in [0, 0.05) is 24.9 Å². The summed E-state index contributed by atoms with van der Waals surface area (Å²) in [6.07, 6.45) is 2.51. The zero-order valence-electron chi connectivity index (χ0n) is 11.7. The van der Waals surface area contributed by atoms with E-state index in [1.54, 1.807) is 17.0 Å². The van der Waals surface area contributed by atoms with Crippen molar-refractivity contribution in [1.29, 1.82) is 0 Å². The van der Waals surface area contributed by atoms with Crippen LogP contribution < -0.4 is 0 Å². The van der Waals surface area contributed by atoms with Crippen LogP contribution in [-0.4, -0.2) is 40.7 Å². The summed E-state index contributed by atoms with van der Waals surface area (Å²) >= 11 is 0. The monoisotopic (exact) mass is 275 g/mol. The number of carbonyl (C=O) groups excluding carboxylic acids is 1. The molecule has 3 rings (SSSR count). The lowest BCUT2D eigenvalue weighted by atomic mass is 9.58. The minimum absolute atomic E-state index is 0.0774. The molecule has 0 bridgehead atoms. The topological polar surface area (TPSA) is 60.8 Å². The number of aliphatic hydroxyl groups is 1. The fourth-order valence-electron chi connectivity index (χ4n) is 3.96. The van der Waals surface area contributed by atoms with E-state index in [-0.39, 0.29) is 29.1 Å². The maximum atomic E-state index is 12.5. The van der Waals surface area contributed by atoms with E-state index >= 15 is 0 Å². The van der Waals surface area contributed by atoms with Crippen LogP contribution in [0.5, 0.6) is 5.75 Å². The quantitative estimate of drug-likeness (QED) is 0.819. The summed E-state index contributed by atoms with van der Waals surface area (Å²) in [5, 5.41) is 19.9. The van der Waals surface area contributed by atoms with Crippen LogP contribution in [0, 0.1) is 5.92 Å². The van der Waals surface area contributed by atoms with Crippen LogP contribution >= 0.6 is 0 Å². The molecule has 3 atom stereocenters. The molecule has 1 aliphatic heterocycles. The van der Waals surface area contributed by atoms with Gasteiger partial charge in [0.15, 0.2) is 0 Å². The average molecular weight is 275 g/mol. The van der Waals surface area contributed by atoms with Gasteiger partial charge in [-0.05, 0) is 43.4 Å². The number of carbonyl (C=O) groups is 1. The number of amides is 1. The van der Waals surface area contributed by atoms with Gasteiger partial charge in [-0.2, -0.15) is 0 Å². The summed E-state index contributed by atoms with van der Waals surface area (Å²) < 4.78 is 0. The van der Waals surface area contributed by atoms with E-state index in [0.717, 1.165) is 18.4 Å². The molecule has 2 fully saturated rings. The number of benzene rings is 1. The Hall–Kier alpha value is -1.55. The number of aromatic hydroxyl groups is 1. The standard InChI is InChI=1S/C16H21NO3/c1-17-8-7-16(11-3-2-4-12(18)9-11)10-13(19)5-6-14(16)15(17)20/h2-4,9,13-14,18-19H,5-8,10H2,1H3/t13?,14-,16-/m0/s1. The van der Waals surface area contributed by atoms with Gasteiger partial charge < -0.3 is 15.1 Å². The van der Waals surface area contributed by atoms with Crippen LogP contribution in [0.1, 0.15) is 31.2 Å². The van der Waals surface area contributed by atoms with Gasteiger partial charge in [-0.15, -0.1) is 0 Å². The second kappa shape index (κ2) is 4.77.